The number of hydrogen-bond acceptors (Lipinski definition) is 6. The van der Waals surface area contributed by atoms with Crippen molar-refractivity contribution in [1.29, 1.82) is 0 Å². The van der Waals surface area contributed by atoms with Gasteiger partial charge in [0.15, 0.2) is 9.84 Å². The van der Waals surface area contributed by atoms with Crippen LogP contribution >= 0.6 is 11.8 Å². The maximum atomic E-state index is 12.7. The second-order valence-electron chi connectivity index (χ2n) is 4.96. The fourth-order valence-corrected chi connectivity index (χ4v) is 7.50. The molecule has 2 heterocycles. The Hall–Kier alpha value is -0.550. The predicted molar refractivity (Wildman–Crippen MR) is 83.2 cm³/mol. The minimum absolute atomic E-state index is 0.0889. The summed E-state index contributed by atoms with van der Waals surface area (Å²) in [4.78, 5) is 0.0889. The first kappa shape index (κ1) is 16.8. The third-order valence-electron chi connectivity index (χ3n) is 3.43. The lowest BCUT2D eigenvalue weighted by Gasteiger charge is -2.32. The third kappa shape index (κ3) is 3.29. The topological polar surface area (TPSA) is 102 Å². The molecule has 10 heteroatoms. The highest BCUT2D eigenvalue weighted by Gasteiger charge is 2.39. The second-order valence-corrected chi connectivity index (χ2v) is 10.2. The van der Waals surface area contributed by atoms with Gasteiger partial charge in [-0.1, -0.05) is 0 Å². The van der Waals surface area contributed by atoms with E-state index in [0.29, 0.717) is 11.4 Å². The quantitative estimate of drug-likeness (QED) is 0.789. The molecule has 1 unspecified atom stereocenters. The van der Waals surface area contributed by atoms with Gasteiger partial charge in [-0.25, -0.2) is 16.8 Å². The van der Waals surface area contributed by atoms with Crippen molar-refractivity contribution in [3.63, 3.8) is 0 Å². The van der Waals surface area contributed by atoms with Crippen LogP contribution in [0.3, 0.4) is 0 Å². The summed E-state index contributed by atoms with van der Waals surface area (Å²) in [6, 6.07) is 1.50. The Morgan fingerprint density at radius 2 is 2.05 bits per heavy atom. The molecule has 1 atom stereocenters. The lowest BCUT2D eigenvalue weighted by Crippen LogP contribution is -2.49. The van der Waals surface area contributed by atoms with Crippen molar-refractivity contribution in [2.75, 3.05) is 24.3 Å². The number of thioether (sulfide) groups is 1. The van der Waals surface area contributed by atoms with Gasteiger partial charge in [-0.3, -0.25) is 0 Å². The smallest absolute Gasteiger partial charge is 0.245 e. The summed E-state index contributed by atoms with van der Waals surface area (Å²) in [5, 5.41) is -1.01. The van der Waals surface area contributed by atoms with Crippen molar-refractivity contribution >= 4 is 31.6 Å². The van der Waals surface area contributed by atoms with E-state index in [0.717, 1.165) is 10.6 Å². The van der Waals surface area contributed by atoms with Gasteiger partial charge in [0.1, 0.15) is 10.3 Å². The van der Waals surface area contributed by atoms with Crippen LogP contribution in [0.2, 0.25) is 0 Å². The van der Waals surface area contributed by atoms with Crippen LogP contribution in [0.25, 0.3) is 0 Å². The highest BCUT2D eigenvalue weighted by atomic mass is 32.2. The summed E-state index contributed by atoms with van der Waals surface area (Å²) < 4.78 is 51.9. The number of nitrogens with two attached hydrogens (primary N) is 1. The Morgan fingerprint density at radius 1 is 1.38 bits per heavy atom. The molecule has 0 bridgehead atoms. The first-order valence-corrected chi connectivity index (χ1v) is 10.9. The van der Waals surface area contributed by atoms with Crippen LogP contribution in [0.15, 0.2) is 17.2 Å². The summed E-state index contributed by atoms with van der Waals surface area (Å²) in [7, 11) is -5.61. The SMILES string of the molecule is Cn1cc(S(=O)(=O)N2CCSCC2S(C)(=O)=O)cc1CN. The molecule has 0 spiro atoms. The van der Waals surface area contributed by atoms with Gasteiger partial charge in [0.25, 0.3) is 0 Å². The molecule has 7 nitrogen and oxygen atoms in total. The van der Waals surface area contributed by atoms with E-state index in [-0.39, 0.29) is 23.7 Å². The first-order chi connectivity index (χ1) is 9.67. The van der Waals surface area contributed by atoms with Gasteiger partial charge >= 0.3 is 0 Å². The molecule has 1 saturated heterocycles. The fraction of sp³-hybridized carbons (Fsp3) is 0.636. The van der Waals surface area contributed by atoms with E-state index in [1.54, 1.807) is 11.6 Å². The molecule has 2 N–H and O–H groups in total. The molecule has 0 radical (unpaired) electrons. The van der Waals surface area contributed by atoms with E-state index >= 15 is 0 Å². The van der Waals surface area contributed by atoms with Crippen LogP contribution in [0, 0.1) is 0 Å². The molecule has 120 valence electrons. The van der Waals surface area contributed by atoms with Crippen LogP contribution < -0.4 is 5.73 Å². The number of sulfonamides is 1. The molecule has 1 fully saturated rings. The Kier molecular flexibility index (Phi) is 4.74. The van der Waals surface area contributed by atoms with Crippen molar-refractivity contribution < 1.29 is 16.8 Å². The average Bonchev–Trinajstić information content (AvgIpc) is 2.80. The normalized spacial score (nSPS) is 21.6. The summed E-state index contributed by atoms with van der Waals surface area (Å²) in [5.41, 5.74) is 6.23. The van der Waals surface area contributed by atoms with Gasteiger partial charge in [-0.05, 0) is 6.07 Å². The number of rotatable bonds is 4. The minimum atomic E-state index is -3.84. The van der Waals surface area contributed by atoms with Crippen LogP contribution in [0.4, 0.5) is 0 Å². The molecule has 1 aliphatic heterocycles. The van der Waals surface area contributed by atoms with Crippen LogP contribution in [0.5, 0.6) is 0 Å². The van der Waals surface area contributed by atoms with Crippen LogP contribution in [-0.2, 0) is 33.5 Å². The van der Waals surface area contributed by atoms with Crippen molar-refractivity contribution in [2.45, 2.75) is 16.8 Å². The third-order valence-corrected chi connectivity index (χ3v) is 8.08. The largest absolute Gasteiger partial charge is 0.352 e. The highest BCUT2D eigenvalue weighted by Crippen LogP contribution is 2.27. The number of hydrogen-bond donors (Lipinski definition) is 1. The zero-order valence-corrected chi connectivity index (χ0v) is 14.3. The molecule has 1 aromatic rings. The maximum absolute atomic E-state index is 12.7. The van der Waals surface area contributed by atoms with E-state index in [1.165, 1.54) is 24.0 Å². The van der Waals surface area contributed by atoms with Gasteiger partial charge in [-0.2, -0.15) is 16.1 Å². The van der Waals surface area contributed by atoms with E-state index < -0.39 is 25.2 Å². The van der Waals surface area contributed by atoms with Crippen LogP contribution in [-0.4, -0.2) is 55.4 Å². The number of aryl methyl sites for hydroxylation is 1. The van der Waals surface area contributed by atoms with E-state index in [9.17, 15) is 16.8 Å². The van der Waals surface area contributed by atoms with Gasteiger partial charge < -0.3 is 10.3 Å². The molecule has 0 aromatic carbocycles. The minimum Gasteiger partial charge on any atom is -0.352 e. The summed E-state index contributed by atoms with van der Waals surface area (Å²) in [6.07, 6.45) is 2.54. The Morgan fingerprint density at radius 3 is 2.57 bits per heavy atom. The van der Waals surface area contributed by atoms with E-state index in [2.05, 4.69) is 0 Å². The summed E-state index contributed by atoms with van der Waals surface area (Å²) >= 11 is 1.45. The molecule has 1 aromatic heterocycles. The zero-order valence-electron chi connectivity index (χ0n) is 11.9. The Bertz CT molecular complexity index is 724. The Labute approximate surface area is 129 Å². The molecular weight excluding hydrogens is 334 g/mol. The second kappa shape index (κ2) is 5.92. The number of sulfone groups is 1. The number of nitrogens with zero attached hydrogens (tertiary/aromatic N) is 2. The van der Waals surface area contributed by atoms with Gasteiger partial charge in [0.05, 0.1) is 0 Å². The first-order valence-electron chi connectivity index (χ1n) is 6.31. The lowest BCUT2D eigenvalue weighted by molar-refractivity contribution is 0.405. The fourth-order valence-electron chi connectivity index (χ4n) is 2.23. The molecule has 0 saturated carbocycles. The lowest BCUT2D eigenvalue weighted by atomic mass is 10.4. The molecule has 0 aliphatic carbocycles. The molecular formula is C11H19N3O4S3. The van der Waals surface area contributed by atoms with Crippen molar-refractivity contribution in [3.8, 4) is 0 Å². The number of aromatic nitrogens is 1. The van der Waals surface area contributed by atoms with Crippen molar-refractivity contribution in [3.05, 3.63) is 18.0 Å². The van der Waals surface area contributed by atoms with E-state index in [1.807, 2.05) is 0 Å². The maximum Gasteiger partial charge on any atom is 0.245 e. The molecule has 2 rings (SSSR count). The average molecular weight is 353 g/mol. The standard InChI is InChI=1S/C11H19N3O4S3/c1-13-7-10(5-9(13)6-12)21(17,18)14-3-4-19-8-11(14)20(2,15)16/h5,7,11H,3-4,6,8,12H2,1-2H3. The van der Waals surface area contributed by atoms with Crippen molar-refractivity contribution in [1.82, 2.24) is 8.87 Å². The molecule has 0 amide bonds. The van der Waals surface area contributed by atoms with Crippen LogP contribution in [0.1, 0.15) is 5.69 Å². The van der Waals surface area contributed by atoms with Gasteiger partial charge in [0, 0.05) is 49.8 Å². The monoisotopic (exact) mass is 353 g/mol. The zero-order chi connectivity index (χ0) is 15.8. The highest BCUT2D eigenvalue weighted by molar-refractivity contribution is 8.01. The van der Waals surface area contributed by atoms with Gasteiger partial charge in [-0.15, -0.1) is 0 Å². The molecule has 1 aliphatic rings. The Balaban J connectivity index is 2.45. The molecule has 21 heavy (non-hydrogen) atoms. The predicted octanol–water partition coefficient (Wildman–Crippen LogP) is -0.408. The van der Waals surface area contributed by atoms with Gasteiger partial charge in [0.2, 0.25) is 10.0 Å². The summed E-state index contributed by atoms with van der Waals surface area (Å²) in [5.74, 6) is 0.844. The summed E-state index contributed by atoms with van der Waals surface area (Å²) in [6.45, 7) is 0.412. The van der Waals surface area contributed by atoms with Crippen molar-refractivity contribution in [2.24, 2.45) is 12.8 Å². The van der Waals surface area contributed by atoms with E-state index in [4.69, 9.17) is 5.73 Å².